The Kier molecular flexibility index (Phi) is 6.05. The number of pyridine rings is 1. The third kappa shape index (κ3) is 5.29. The summed E-state index contributed by atoms with van der Waals surface area (Å²) in [5, 5.41) is 6.67. The highest BCUT2D eigenvalue weighted by Crippen LogP contribution is 2.16. The average molecular weight is 372 g/mol. The molecule has 0 bridgehead atoms. The Labute approximate surface area is 157 Å². The van der Waals surface area contributed by atoms with Crippen molar-refractivity contribution >= 4 is 11.8 Å². The molecular formula is C19H24N4O4. The lowest BCUT2D eigenvalue weighted by molar-refractivity contribution is -0.130. The molecule has 0 spiro atoms. The first-order chi connectivity index (χ1) is 13.0. The van der Waals surface area contributed by atoms with E-state index in [1.165, 1.54) is 0 Å². The van der Waals surface area contributed by atoms with Crippen molar-refractivity contribution in [3.8, 4) is 5.75 Å². The molecule has 1 saturated heterocycles. The minimum Gasteiger partial charge on any atom is -0.484 e. The van der Waals surface area contributed by atoms with Crippen molar-refractivity contribution in [2.24, 2.45) is 5.92 Å². The van der Waals surface area contributed by atoms with Crippen LogP contribution in [-0.4, -0.2) is 46.5 Å². The fraction of sp³-hybridized carbons (Fsp3) is 0.474. The molecule has 8 nitrogen and oxygen atoms in total. The van der Waals surface area contributed by atoms with Crippen molar-refractivity contribution < 1.29 is 18.8 Å². The summed E-state index contributed by atoms with van der Waals surface area (Å²) in [7, 11) is 0. The SMILES string of the molecule is CC(=O)N1CCC[C@@H](CNC(=O)c2cc(COc3ccc(C)nc3)on2)C1. The molecular weight excluding hydrogens is 348 g/mol. The summed E-state index contributed by atoms with van der Waals surface area (Å²) in [6.45, 7) is 5.63. The smallest absolute Gasteiger partial charge is 0.273 e. The number of ether oxygens (including phenoxy) is 1. The second-order valence-corrected chi connectivity index (χ2v) is 6.79. The van der Waals surface area contributed by atoms with Gasteiger partial charge in [0.1, 0.15) is 12.4 Å². The Bertz CT molecular complexity index is 787. The summed E-state index contributed by atoms with van der Waals surface area (Å²) in [6, 6.07) is 5.24. The van der Waals surface area contributed by atoms with E-state index < -0.39 is 0 Å². The highest BCUT2D eigenvalue weighted by atomic mass is 16.5. The lowest BCUT2D eigenvalue weighted by Gasteiger charge is -2.32. The normalized spacial score (nSPS) is 16.8. The minimum absolute atomic E-state index is 0.0796. The number of piperidine rings is 1. The van der Waals surface area contributed by atoms with Crippen LogP contribution in [0.2, 0.25) is 0 Å². The zero-order valence-electron chi connectivity index (χ0n) is 15.6. The first-order valence-electron chi connectivity index (χ1n) is 9.06. The van der Waals surface area contributed by atoms with E-state index in [1.807, 2.05) is 24.0 Å². The van der Waals surface area contributed by atoms with Gasteiger partial charge in [0, 0.05) is 38.3 Å². The third-order valence-corrected chi connectivity index (χ3v) is 4.57. The van der Waals surface area contributed by atoms with E-state index in [0.717, 1.165) is 25.1 Å². The predicted octanol–water partition coefficient (Wildman–Crippen LogP) is 1.95. The van der Waals surface area contributed by atoms with Crippen LogP contribution in [0.5, 0.6) is 5.75 Å². The largest absolute Gasteiger partial charge is 0.484 e. The van der Waals surface area contributed by atoms with Gasteiger partial charge in [0.25, 0.3) is 5.91 Å². The van der Waals surface area contributed by atoms with Crippen molar-refractivity contribution in [2.45, 2.75) is 33.3 Å². The van der Waals surface area contributed by atoms with Gasteiger partial charge in [-0.25, -0.2) is 0 Å². The van der Waals surface area contributed by atoms with Gasteiger partial charge in [-0.15, -0.1) is 0 Å². The van der Waals surface area contributed by atoms with Crippen LogP contribution in [0, 0.1) is 12.8 Å². The Hall–Kier alpha value is -2.90. The Morgan fingerprint density at radius 1 is 1.41 bits per heavy atom. The van der Waals surface area contributed by atoms with Gasteiger partial charge in [-0.3, -0.25) is 14.6 Å². The molecule has 144 valence electrons. The second-order valence-electron chi connectivity index (χ2n) is 6.79. The van der Waals surface area contributed by atoms with Crippen molar-refractivity contribution in [3.63, 3.8) is 0 Å². The Morgan fingerprint density at radius 2 is 2.26 bits per heavy atom. The molecule has 0 saturated carbocycles. The Morgan fingerprint density at radius 3 is 3.00 bits per heavy atom. The number of likely N-dealkylation sites (tertiary alicyclic amines) is 1. The van der Waals surface area contributed by atoms with Crippen molar-refractivity contribution in [2.75, 3.05) is 19.6 Å². The zero-order chi connectivity index (χ0) is 19.2. The number of rotatable bonds is 6. The van der Waals surface area contributed by atoms with E-state index in [9.17, 15) is 9.59 Å². The molecule has 2 aromatic heterocycles. The van der Waals surface area contributed by atoms with Gasteiger partial charge >= 0.3 is 0 Å². The zero-order valence-corrected chi connectivity index (χ0v) is 15.6. The van der Waals surface area contributed by atoms with Crippen LogP contribution in [0.15, 0.2) is 28.9 Å². The topological polar surface area (TPSA) is 97.6 Å². The summed E-state index contributed by atoms with van der Waals surface area (Å²) < 4.78 is 10.7. The van der Waals surface area contributed by atoms with Gasteiger partial charge < -0.3 is 19.5 Å². The molecule has 1 N–H and O–H groups in total. The van der Waals surface area contributed by atoms with Crippen molar-refractivity contribution in [1.29, 1.82) is 0 Å². The second kappa shape index (κ2) is 8.66. The van der Waals surface area contributed by atoms with E-state index in [0.29, 0.717) is 24.6 Å². The fourth-order valence-electron chi connectivity index (χ4n) is 3.03. The lowest BCUT2D eigenvalue weighted by Crippen LogP contribution is -2.42. The summed E-state index contributed by atoms with van der Waals surface area (Å²) in [5.74, 6) is 1.13. The molecule has 2 aromatic rings. The van der Waals surface area contributed by atoms with Crippen LogP contribution in [0.3, 0.4) is 0 Å². The molecule has 0 aliphatic carbocycles. The van der Waals surface area contributed by atoms with Crippen LogP contribution in [0.25, 0.3) is 0 Å². The average Bonchev–Trinajstić information content (AvgIpc) is 3.15. The number of carbonyl (C=O) groups is 2. The van der Waals surface area contributed by atoms with Gasteiger partial charge in [0.2, 0.25) is 5.91 Å². The number of aromatic nitrogens is 2. The third-order valence-electron chi connectivity index (χ3n) is 4.57. The van der Waals surface area contributed by atoms with Crippen LogP contribution >= 0.6 is 0 Å². The summed E-state index contributed by atoms with van der Waals surface area (Å²) >= 11 is 0. The highest BCUT2D eigenvalue weighted by molar-refractivity contribution is 5.92. The van der Waals surface area contributed by atoms with Crippen molar-refractivity contribution in [3.05, 3.63) is 41.5 Å². The van der Waals surface area contributed by atoms with Gasteiger partial charge in [-0.2, -0.15) is 0 Å². The summed E-state index contributed by atoms with van der Waals surface area (Å²) in [6.07, 6.45) is 3.58. The van der Waals surface area contributed by atoms with Gasteiger partial charge in [0.15, 0.2) is 11.5 Å². The van der Waals surface area contributed by atoms with Crippen LogP contribution in [0.1, 0.15) is 41.7 Å². The van der Waals surface area contributed by atoms with Crippen LogP contribution in [-0.2, 0) is 11.4 Å². The summed E-state index contributed by atoms with van der Waals surface area (Å²) in [4.78, 5) is 29.7. The first-order valence-corrected chi connectivity index (χ1v) is 9.06. The number of nitrogens with one attached hydrogen (secondary N) is 1. The number of aryl methyl sites for hydroxylation is 1. The van der Waals surface area contributed by atoms with Crippen LogP contribution < -0.4 is 10.1 Å². The molecule has 27 heavy (non-hydrogen) atoms. The maximum Gasteiger partial charge on any atom is 0.273 e. The predicted molar refractivity (Wildman–Crippen MR) is 97.1 cm³/mol. The maximum absolute atomic E-state index is 12.3. The van der Waals surface area contributed by atoms with Gasteiger partial charge in [-0.05, 0) is 37.8 Å². The van der Waals surface area contributed by atoms with E-state index in [4.69, 9.17) is 9.26 Å². The molecule has 1 aliphatic heterocycles. The number of carbonyl (C=O) groups excluding carboxylic acids is 2. The summed E-state index contributed by atoms with van der Waals surface area (Å²) in [5.41, 5.74) is 1.13. The molecule has 3 rings (SSSR count). The van der Waals surface area contributed by atoms with E-state index in [1.54, 1.807) is 19.2 Å². The molecule has 3 heterocycles. The number of nitrogens with zero attached hydrogens (tertiary/aromatic N) is 3. The fourth-order valence-corrected chi connectivity index (χ4v) is 3.03. The lowest BCUT2D eigenvalue weighted by atomic mass is 9.98. The van der Waals surface area contributed by atoms with Crippen molar-refractivity contribution in [1.82, 2.24) is 20.4 Å². The van der Waals surface area contributed by atoms with E-state index in [-0.39, 0.29) is 30.0 Å². The number of hydrogen-bond donors (Lipinski definition) is 1. The van der Waals surface area contributed by atoms with Crippen LogP contribution in [0.4, 0.5) is 0 Å². The Balaban J connectivity index is 1.46. The monoisotopic (exact) mass is 372 g/mol. The van der Waals surface area contributed by atoms with E-state index in [2.05, 4.69) is 15.5 Å². The quantitative estimate of drug-likeness (QED) is 0.832. The minimum atomic E-state index is -0.290. The molecule has 1 aliphatic rings. The molecule has 0 radical (unpaired) electrons. The van der Waals surface area contributed by atoms with Gasteiger partial charge in [0.05, 0.1) is 6.20 Å². The molecule has 0 aromatic carbocycles. The van der Waals surface area contributed by atoms with Gasteiger partial charge in [-0.1, -0.05) is 5.16 Å². The number of hydrogen-bond acceptors (Lipinski definition) is 6. The first kappa shape index (κ1) is 18.9. The maximum atomic E-state index is 12.3. The van der Waals surface area contributed by atoms with E-state index >= 15 is 0 Å². The molecule has 1 fully saturated rings. The standard InChI is InChI=1S/C19H24N4O4/c1-13-5-6-16(10-20-13)26-12-17-8-18(22-27-17)19(25)21-9-15-4-3-7-23(11-15)14(2)24/h5-6,8,10,15H,3-4,7,9,11-12H2,1-2H3,(H,21,25)/t15-/m0/s1. The molecule has 8 heteroatoms. The molecule has 0 unspecified atom stereocenters. The number of amides is 2. The molecule has 1 atom stereocenters. The molecule has 2 amide bonds. The highest BCUT2D eigenvalue weighted by Gasteiger charge is 2.22.